The Balaban J connectivity index is 1.89. The van der Waals surface area contributed by atoms with Crippen LogP contribution in [-0.2, 0) is 16.0 Å². The second kappa shape index (κ2) is 8.28. The molecule has 1 amide bonds. The number of carbonyl (C=O) groups excluding carboxylic acids is 3. The van der Waals surface area contributed by atoms with Crippen molar-refractivity contribution in [2.75, 3.05) is 7.11 Å². The number of aromatic nitrogens is 1. The minimum Gasteiger partial charge on any atom is -0.465 e. The van der Waals surface area contributed by atoms with Crippen LogP contribution in [0.4, 0.5) is 0 Å². The molecular weight excluding hydrogens is 344 g/mol. The number of ether oxygens (including phenoxy) is 1. The van der Waals surface area contributed by atoms with Gasteiger partial charge in [-0.25, -0.2) is 4.79 Å². The first kappa shape index (κ1) is 19.6. The summed E-state index contributed by atoms with van der Waals surface area (Å²) >= 11 is 0. The van der Waals surface area contributed by atoms with Gasteiger partial charge in [-0.05, 0) is 38.2 Å². The fourth-order valence-corrected chi connectivity index (χ4v) is 4.83. The highest BCUT2D eigenvalue weighted by Crippen LogP contribution is 2.32. The van der Waals surface area contributed by atoms with E-state index in [9.17, 15) is 14.4 Å². The number of H-pyrrole nitrogens is 1. The Morgan fingerprint density at radius 3 is 2.00 bits per heavy atom. The molecule has 1 heterocycles. The number of carbonyl (C=O) groups is 3. The topological polar surface area (TPSA) is 79.5 Å². The van der Waals surface area contributed by atoms with Gasteiger partial charge in [0.2, 0.25) is 5.91 Å². The molecule has 0 radical (unpaired) electrons. The van der Waals surface area contributed by atoms with Gasteiger partial charge < -0.3 is 14.6 Å². The molecular formula is C21H30N2O4. The number of aromatic amines is 1. The van der Waals surface area contributed by atoms with E-state index in [0.29, 0.717) is 34.6 Å². The molecule has 6 heteroatoms. The van der Waals surface area contributed by atoms with Gasteiger partial charge in [0.15, 0.2) is 5.78 Å². The van der Waals surface area contributed by atoms with Gasteiger partial charge in [0, 0.05) is 24.7 Å². The van der Waals surface area contributed by atoms with Gasteiger partial charge in [-0.1, -0.05) is 25.7 Å². The largest absolute Gasteiger partial charge is 0.465 e. The monoisotopic (exact) mass is 374 g/mol. The number of amides is 1. The number of hydrogen-bond donors (Lipinski definition) is 1. The number of ketones is 1. The first-order valence-electron chi connectivity index (χ1n) is 10.1. The van der Waals surface area contributed by atoms with Gasteiger partial charge in [-0.15, -0.1) is 0 Å². The van der Waals surface area contributed by atoms with E-state index < -0.39 is 5.97 Å². The second-order valence-corrected chi connectivity index (χ2v) is 7.88. The van der Waals surface area contributed by atoms with E-state index in [0.717, 1.165) is 25.7 Å². The zero-order valence-corrected chi connectivity index (χ0v) is 16.6. The third-order valence-corrected chi connectivity index (χ3v) is 6.12. The first-order chi connectivity index (χ1) is 12.9. The van der Waals surface area contributed by atoms with Crippen LogP contribution in [0.2, 0.25) is 0 Å². The number of Topliss-reactive ketones (excluding diaryl/α,β-unsaturated/α-hetero) is 1. The molecule has 1 aromatic heterocycles. The lowest BCUT2D eigenvalue weighted by Crippen LogP contribution is -2.46. The van der Waals surface area contributed by atoms with Gasteiger partial charge in [0.25, 0.3) is 0 Å². The highest BCUT2D eigenvalue weighted by molar-refractivity contribution is 6.01. The van der Waals surface area contributed by atoms with Crippen LogP contribution >= 0.6 is 0 Å². The summed E-state index contributed by atoms with van der Waals surface area (Å²) in [6.07, 6.45) is 9.04. The molecule has 1 N–H and O–H groups in total. The Labute approximate surface area is 160 Å². The molecule has 0 unspecified atom stereocenters. The summed E-state index contributed by atoms with van der Waals surface area (Å²) in [6.45, 7) is 3.17. The molecule has 0 aromatic carbocycles. The van der Waals surface area contributed by atoms with Crippen LogP contribution in [0.25, 0.3) is 0 Å². The van der Waals surface area contributed by atoms with E-state index in [1.807, 2.05) is 0 Å². The summed E-state index contributed by atoms with van der Waals surface area (Å²) in [5.41, 5.74) is 1.77. The molecule has 2 aliphatic rings. The highest BCUT2D eigenvalue weighted by Gasteiger charge is 2.35. The summed E-state index contributed by atoms with van der Waals surface area (Å²) < 4.78 is 4.90. The molecule has 27 heavy (non-hydrogen) atoms. The summed E-state index contributed by atoms with van der Waals surface area (Å²) in [4.78, 5) is 42.6. The molecule has 2 fully saturated rings. The number of esters is 1. The Bertz CT molecular complexity index is 709. The number of methoxy groups -OCH3 is 1. The van der Waals surface area contributed by atoms with E-state index in [4.69, 9.17) is 4.74 Å². The predicted molar refractivity (Wildman–Crippen MR) is 102 cm³/mol. The third kappa shape index (κ3) is 3.94. The fraction of sp³-hybridized carbons (Fsp3) is 0.667. The molecule has 1 aromatic rings. The average Bonchev–Trinajstić information content (AvgIpc) is 3.37. The van der Waals surface area contributed by atoms with Crippen LogP contribution in [-0.4, -0.2) is 46.7 Å². The molecule has 0 atom stereocenters. The second-order valence-electron chi connectivity index (χ2n) is 7.88. The van der Waals surface area contributed by atoms with Gasteiger partial charge in [0.05, 0.1) is 24.8 Å². The van der Waals surface area contributed by atoms with Crippen LogP contribution in [0.5, 0.6) is 0 Å². The smallest absolute Gasteiger partial charge is 0.339 e. The molecule has 3 rings (SSSR count). The molecule has 0 bridgehead atoms. The van der Waals surface area contributed by atoms with Crippen LogP contribution in [0.15, 0.2) is 0 Å². The highest BCUT2D eigenvalue weighted by atomic mass is 16.5. The minimum absolute atomic E-state index is 0.0512. The molecule has 0 spiro atoms. The van der Waals surface area contributed by atoms with Crippen LogP contribution in [0.3, 0.4) is 0 Å². The quantitative estimate of drug-likeness (QED) is 0.610. The Kier molecular flexibility index (Phi) is 6.02. The Morgan fingerprint density at radius 1 is 1.04 bits per heavy atom. The van der Waals surface area contributed by atoms with Crippen molar-refractivity contribution in [1.29, 1.82) is 0 Å². The fourth-order valence-electron chi connectivity index (χ4n) is 4.83. The van der Waals surface area contributed by atoms with Crippen molar-refractivity contribution in [1.82, 2.24) is 9.88 Å². The molecule has 6 nitrogen and oxygen atoms in total. The van der Waals surface area contributed by atoms with Crippen molar-refractivity contribution >= 4 is 17.7 Å². The van der Waals surface area contributed by atoms with Crippen LogP contribution in [0, 0.1) is 6.92 Å². The molecule has 0 aliphatic heterocycles. The van der Waals surface area contributed by atoms with Crippen LogP contribution < -0.4 is 0 Å². The number of nitrogens with one attached hydrogen (secondary N) is 1. The number of hydrogen-bond acceptors (Lipinski definition) is 4. The van der Waals surface area contributed by atoms with E-state index in [2.05, 4.69) is 9.88 Å². The maximum absolute atomic E-state index is 13.3. The van der Waals surface area contributed by atoms with Crippen molar-refractivity contribution < 1.29 is 19.1 Å². The summed E-state index contributed by atoms with van der Waals surface area (Å²) in [7, 11) is 1.32. The molecule has 2 aliphatic carbocycles. The maximum Gasteiger partial charge on any atom is 0.339 e. The first-order valence-corrected chi connectivity index (χ1v) is 10.1. The lowest BCUT2D eigenvalue weighted by atomic mass is 10.0. The van der Waals surface area contributed by atoms with Crippen molar-refractivity contribution in [2.24, 2.45) is 0 Å². The summed E-state index contributed by atoms with van der Waals surface area (Å²) in [6, 6.07) is 0.621. The van der Waals surface area contributed by atoms with Crippen molar-refractivity contribution in [3.05, 3.63) is 22.5 Å². The summed E-state index contributed by atoms with van der Waals surface area (Å²) in [5, 5.41) is 0. The number of nitrogens with zero attached hydrogens (tertiary/aromatic N) is 1. The predicted octanol–water partition coefficient (Wildman–Crippen LogP) is 3.57. The van der Waals surface area contributed by atoms with Gasteiger partial charge in [-0.2, -0.15) is 0 Å². The SMILES string of the molecule is COC(=O)c1c(CC(=O)N(C2CCCC2)C2CCCC2)[nH]c(C(C)=O)c1C. The number of rotatable bonds is 6. The Morgan fingerprint density at radius 2 is 1.56 bits per heavy atom. The van der Waals surface area contributed by atoms with E-state index in [-0.39, 0.29) is 18.1 Å². The average molecular weight is 374 g/mol. The molecule has 0 saturated heterocycles. The normalized spacial score (nSPS) is 18.0. The van der Waals surface area contributed by atoms with E-state index in [1.54, 1.807) is 6.92 Å². The van der Waals surface area contributed by atoms with Gasteiger partial charge in [0.1, 0.15) is 0 Å². The van der Waals surface area contributed by atoms with Crippen molar-refractivity contribution in [3.8, 4) is 0 Å². The van der Waals surface area contributed by atoms with Gasteiger partial charge in [-0.3, -0.25) is 9.59 Å². The lowest BCUT2D eigenvalue weighted by molar-refractivity contribution is -0.135. The standard InChI is InChI=1S/C21H30N2O4/c1-13-19(21(26)27-3)17(22-20(13)14(2)24)12-18(25)23(15-8-4-5-9-15)16-10-6-7-11-16/h15-16,22H,4-12H2,1-3H3. The van der Waals surface area contributed by atoms with Crippen molar-refractivity contribution in [3.63, 3.8) is 0 Å². The minimum atomic E-state index is -0.507. The third-order valence-electron chi connectivity index (χ3n) is 6.12. The van der Waals surface area contributed by atoms with Crippen molar-refractivity contribution in [2.45, 2.75) is 83.7 Å². The molecule has 148 valence electrons. The maximum atomic E-state index is 13.3. The zero-order chi connectivity index (χ0) is 19.6. The van der Waals surface area contributed by atoms with E-state index in [1.165, 1.54) is 39.7 Å². The van der Waals surface area contributed by atoms with E-state index >= 15 is 0 Å². The zero-order valence-electron chi connectivity index (χ0n) is 16.6. The lowest BCUT2D eigenvalue weighted by Gasteiger charge is -2.34. The van der Waals surface area contributed by atoms with Gasteiger partial charge >= 0.3 is 5.97 Å². The summed E-state index contributed by atoms with van der Waals surface area (Å²) in [5.74, 6) is -0.609. The Hall–Kier alpha value is -2.11. The van der Waals surface area contributed by atoms with Crippen LogP contribution in [0.1, 0.15) is 90.4 Å². The molecule has 2 saturated carbocycles.